The summed E-state index contributed by atoms with van der Waals surface area (Å²) in [6, 6.07) is 31.3. The summed E-state index contributed by atoms with van der Waals surface area (Å²) in [5.74, 6) is -1.21. The van der Waals surface area contributed by atoms with Gasteiger partial charge in [0.2, 0.25) is 0 Å². The van der Waals surface area contributed by atoms with Gasteiger partial charge in [0.05, 0.1) is 0 Å². The van der Waals surface area contributed by atoms with E-state index in [1.165, 1.54) is 38.3 Å². The molecule has 0 unspecified atom stereocenters. The second-order valence-corrected chi connectivity index (χ2v) is 11.7. The van der Waals surface area contributed by atoms with Crippen LogP contribution in [-0.2, 0) is 4.79 Å². The van der Waals surface area contributed by atoms with Gasteiger partial charge in [0.25, 0.3) is 0 Å². The third-order valence-electron chi connectivity index (χ3n) is 5.75. The van der Waals surface area contributed by atoms with Gasteiger partial charge in [-0.3, -0.25) is 0 Å². The predicted octanol–water partition coefficient (Wildman–Crippen LogP) is 9.28. The molecule has 2 aromatic carbocycles. The molecule has 0 aliphatic heterocycles. The third-order valence-corrected chi connectivity index (χ3v) is 9.33. The largest absolute Gasteiger partial charge is 0.477 e. The normalized spacial score (nSPS) is 11.3. The number of nitriles is 1. The number of thiophene rings is 3. The number of carboxylic acids is 1. The van der Waals surface area contributed by atoms with Crippen molar-refractivity contribution in [2.75, 3.05) is 4.90 Å². The quantitative estimate of drug-likeness (QED) is 0.166. The summed E-state index contributed by atoms with van der Waals surface area (Å²) in [5.41, 5.74) is 4.42. The van der Waals surface area contributed by atoms with Crippen molar-refractivity contribution >= 4 is 62.4 Å². The van der Waals surface area contributed by atoms with Crippen molar-refractivity contribution in [2.45, 2.75) is 13.8 Å². The third kappa shape index (κ3) is 5.42. The monoisotopic (exact) mass is 538 g/mol. The molecule has 1 N–H and O–H groups in total. The molecule has 0 fully saturated rings. The number of benzene rings is 2. The van der Waals surface area contributed by atoms with E-state index in [4.69, 9.17) is 10.4 Å². The summed E-state index contributed by atoms with van der Waals surface area (Å²) in [4.78, 5) is 18.7. The van der Waals surface area contributed by atoms with Crippen LogP contribution in [-0.4, -0.2) is 11.1 Å². The highest BCUT2D eigenvalue weighted by Gasteiger charge is 2.16. The van der Waals surface area contributed by atoms with Crippen molar-refractivity contribution in [1.82, 2.24) is 0 Å². The van der Waals surface area contributed by atoms with Gasteiger partial charge < -0.3 is 10.0 Å². The van der Waals surface area contributed by atoms with E-state index >= 15 is 0 Å². The number of hydrogen-bond acceptors (Lipinski definition) is 6. The van der Waals surface area contributed by atoms with E-state index in [0.717, 1.165) is 31.0 Å². The Kier molecular flexibility index (Phi) is 7.06. The Hall–Kier alpha value is -3.96. The zero-order valence-electron chi connectivity index (χ0n) is 20.1. The molecule has 3 heterocycles. The molecule has 0 atom stereocenters. The molecule has 0 aliphatic rings. The van der Waals surface area contributed by atoms with Crippen LogP contribution in [0.5, 0.6) is 0 Å². The second-order valence-electron chi connectivity index (χ2n) is 8.49. The first-order chi connectivity index (χ1) is 17.9. The van der Waals surface area contributed by atoms with Crippen LogP contribution >= 0.6 is 34.0 Å². The Balaban J connectivity index is 1.45. The van der Waals surface area contributed by atoms with Gasteiger partial charge in [0, 0.05) is 35.8 Å². The summed E-state index contributed by atoms with van der Waals surface area (Å²) in [6.45, 7) is 4.19. The minimum absolute atomic E-state index is 0.266. The van der Waals surface area contributed by atoms with Gasteiger partial charge in [-0.1, -0.05) is 35.4 Å². The molecule has 0 spiro atoms. The fourth-order valence-electron chi connectivity index (χ4n) is 3.82. The number of rotatable bonds is 7. The lowest BCUT2D eigenvalue weighted by Gasteiger charge is -2.24. The van der Waals surface area contributed by atoms with Gasteiger partial charge in [-0.15, -0.1) is 34.0 Å². The number of hydrogen-bond donors (Lipinski definition) is 1. The Bertz CT molecular complexity index is 1590. The molecule has 0 radical (unpaired) electrons. The predicted molar refractivity (Wildman–Crippen MR) is 156 cm³/mol. The number of anilines is 3. The number of aliphatic carboxylic acids is 1. The van der Waals surface area contributed by atoms with Gasteiger partial charge >= 0.3 is 5.97 Å². The molecule has 182 valence electrons. The zero-order valence-corrected chi connectivity index (χ0v) is 22.6. The SMILES string of the molecule is Cc1ccc(N(c2ccc(C)cc2)c2ccc(-c3ccc(-c4ccc(/C=C(\C#N)C(=O)O)s4)s3)s2)cc1. The van der Waals surface area contributed by atoms with E-state index in [1.54, 1.807) is 28.7 Å². The second kappa shape index (κ2) is 10.6. The fraction of sp³-hybridized carbons (Fsp3) is 0.0667. The van der Waals surface area contributed by atoms with E-state index in [9.17, 15) is 4.79 Å². The highest BCUT2D eigenvalue weighted by Crippen LogP contribution is 2.45. The molecule has 5 rings (SSSR count). The Morgan fingerprint density at radius 2 is 1.22 bits per heavy atom. The van der Waals surface area contributed by atoms with E-state index in [-0.39, 0.29) is 5.57 Å². The molecular weight excluding hydrogens is 517 g/mol. The summed E-state index contributed by atoms with van der Waals surface area (Å²) >= 11 is 4.93. The van der Waals surface area contributed by atoms with Crippen LogP contribution in [0.2, 0.25) is 0 Å². The lowest BCUT2D eigenvalue weighted by atomic mass is 10.1. The number of aryl methyl sites for hydroxylation is 2. The van der Waals surface area contributed by atoms with E-state index in [1.807, 2.05) is 12.1 Å². The number of nitrogens with zero attached hydrogens (tertiary/aromatic N) is 2. The molecule has 7 heteroatoms. The summed E-state index contributed by atoms with van der Waals surface area (Å²) < 4.78 is 0. The first kappa shape index (κ1) is 24.7. The van der Waals surface area contributed by atoms with Crippen LogP contribution in [0.3, 0.4) is 0 Å². The molecule has 0 aliphatic carbocycles. The van der Waals surface area contributed by atoms with E-state index in [2.05, 4.69) is 91.5 Å². The molecule has 3 aromatic heterocycles. The van der Waals surface area contributed by atoms with Crippen LogP contribution in [0.15, 0.2) is 90.5 Å². The van der Waals surface area contributed by atoms with Gasteiger partial charge in [0.1, 0.15) is 16.6 Å². The first-order valence-corrected chi connectivity index (χ1v) is 13.9. The topological polar surface area (TPSA) is 64.3 Å². The minimum Gasteiger partial charge on any atom is -0.477 e. The van der Waals surface area contributed by atoms with Crippen molar-refractivity contribution in [2.24, 2.45) is 0 Å². The van der Waals surface area contributed by atoms with Crippen LogP contribution in [0.25, 0.3) is 25.6 Å². The van der Waals surface area contributed by atoms with Crippen molar-refractivity contribution in [3.63, 3.8) is 0 Å². The van der Waals surface area contributed by atoms with Gasteiger partial charge in [-0.05, 0) is 80.6 Å². The van der Waals surface area contributed by atoms with Crippen LogP contribution in [0.4, 0.5) is 16.4 Å². The molecule has 5 aromatic rings. The maximum Gasteiger partial charge on any atom is 0.346 e. The zero-order chi connectivity index (χ0) is 25.9. The van der Waals surface area contributed by atoms with Crippen LogP contribution in [0.1, 0.15) is 16.0 Å². The summed E-state index contributed by atoms with van der Waals surface area (Å²) in [6.07, 6.45) is 1.42. The summed E-state index contributed by atoms with van der Waals surface area (Å²) in [5, 5.41) is 19.3. The molecule has 0 saturated heterocycles. The average Bonchev–Trinajstić information content (AvgIpc) is 3.66. The maximum atomic E-state index is 11.1. The molecule has 0 saturated carbocycles. The smallest absolute Gasteiger partial charge is 0.346 e. The lowest BCUT2D eigenvalue weighted by Crippen LogP contribution is -2.08. The molecule has 4 nitrogen and oxygen atoms in total. The van der Waals surface area contributed by atoms with Gasteiger partial charge in [-0.2, -0.15) is 5.26 Å². The van der Waals surface area contributed by atoms with Crippen molar-refractivity contribution in [3.05, 3.63) is 107 Å². The Labute approximate surface area is 227 Å². The van der Waals surface area contributed by atoms with Gasteiger partial charge in [-0.25, -0.2) is 4.79 Å². The molecule has 37 heavy (non-hydrogen) atoms. The summed E-state index contributed by atoms with van der Waals surface area (Å²) in [7, 11) is 0. The fourth-order valence-corrected chi connectivity index (χ4v) is 7.01. The number of carboxylic acid groups (broad SMARTS) is 1. The lowest BCUT2D eigenvalue weighted by molar-refractivity contribution is -0.132. The molecular formula is C30H22N2O2S3. The Morgan fingerprint density at radius 3 is 1.76 bits per heavy atom. The average molecular weight is 539 g/mol. The highest BCUT2D eigenvalue weighted by molar-refractivity contribution is 7.27. The first-order valence-electron chi connectivity index (χ1n) is 11.5. The Morgan fingerprint density at radius 1 is 0.730 bits per heavy atom. The maximum absolute atomic E-state index is 11.1. The van der Waals surface area contributed by atoms with Crippen LogP contribution in [0, 0.1) is 25.2 Å². The van der Waals surface area contributed by atoms with Crippen molar-refractivity contribution < 1.29 is 9.90 Å². The molecule has 0 amide bonds. The van der Waals surface area contributed by atoms with Crippen molar-refractivity contribution in [3.8, 4) is 25.6 Å². The van der Waals surface area contributed by atoms with E-state index in [0.29, 0.717) is 0 Å². The molecule has 0 bridgehead atoms. The van der Waals surface area contributed by atoms with Crippen LogP contribution < -0.4 is 4.90 Å². The standard InChI is InChI=1S/C30H22N2O2S3/c1-19-3-7-22(8-4-19)32(23-9-5-20(2)6-10-23)29-16-15-28(37-29)27-14-13-26(36-27)25-12-11-24(35-25)17-21(18-31)30(33)34/h3-17H,1-2H3,(H,33,34)/b21-17+. The van der Waals surface area contributed by atoms with E-state index < -0.39 is 5.97 Å². The van der Waals surface area contributed by atoms with Crippen molar-refractivity contribution in [1.29, 1.82) is 5.26 Å². The minimum atomic E-state index is -1.21. The van der Waals surface area contributed by atoms with Gasteiger partial charge in [0.15, 0.2) is 0 Å². The highest BCUT2D eigenvalue weighted by atomic mass is 32.1. The number of carbonyl (C=O) groups is 1.